The van der Waals surface area contributed by atoms with Crippen molar-refractivity contribution in [2.24, 2.45) is 5.92 Å². The van der Waals surface area contributed by atoms with Crippen molar-refractivity contribution in [1.29, 1.82) is 0 Å². The summed E-state index contributed by atoms with van der Waals surface area (Å²) in [6, 6.07) is 10.5. The minimum atomic E-state index is -0.277. The van der Waals surface area contributed by atoms with Crippen molar-refractivity contribution in [3.05, 3.63) is 63.8 Å². The molecule has 3 atom stereocenters. The molecule has 3 N–H and O–H groups in total. The standard InChI is InChI=1S/C25H31FN4O2/c26-20-8-6-17(7-9-20)13-29-14-18-12-19(16-29)23-11-10-22(24(31)30(23)15-18)28-25(32)27-21-4-2-1-3-5-21/h6-11,18-19,21H,1-5,12-16H2,(H2,27,28,32)/p+1/t18-,19+/m0/s1. The van der Waals surface area contributed by atoms with Crippen molar-refractivity contribution in [2.45, 2.75) is 63.6 Å². The Kier molecular flexibility index (Phi) is 6.00. The van der Waals surface area contributed by atoms with Crippen LogP contribution in [0.4, 0.5) is 14.9 Å². The van der Waals surface area contributed by atoms with E-state index in [0.29, 0.717) is 24.1 Å². The van der Waals surface area contributed by atoms with Gasteiger partial charge >= 0.3 is 6.03 Å². The number of pyridine rings is 1. The molecule has 6 nitrogen and oxygen atoms in total. The van der Waals surface area contributed by atoms with Crippen molar-refractivity contribution in [3.63, 3.8) is 0 Å². The largest absolute Gasteiger partial charge is 0.335 e. The van der Waals surface area contributed by atoms with Gasteiger partial charge in [-0.15, -0.1) is 0 Å². The summed E-state index contributed by atoms with van der Waals surface area (Å²) in [5, 5.41) is 5.82. The number of carbonyl (C=O) groups is 1. The number of quaternary nitrogens is 1. The van der Waals surface area contributed by atoms with Crippen LogP contribution in [0.25, 0.3) is 0 Å². The number of nitrogens with zero attached hydrogens (tertiary/aromatic N) is 1. The van der Waals surface area contributed by atoms with Crippen LogP contribution in [0.5, 0.6) is 0 Å². The van der Waals surface area contributed by atoms with E-state index in [1.54, 1.807) is 6.07 Å². The molecule has 32 heavy (non-hydrogen) atoms. The Labute approximate surface area is 187 Å². The van der Waals surface area contributed by atoms with Crippen molar-refractivity contribution in [1.82, 2.24) is 9.88 Å². The lowest BCUT2D eigenvalue weighted by molar-refractivity contribution is -0.924. The van der Waals surface area contributed by atoms with Crippen molar-refractivity contribution < 1.29 is 14.1 Å². The van der Waals surface area contributed by atoms with E-state index in [1.807, 2.05) is 22.8 Å². The minimum absolute atomic E-state index is 0.0991. The van der Waals surface area contributed by atoms with Gasteiger partial charge in [0.15, 0.2) is 0 Å². The number of rotatable bonds is 4. The van der Waals surface area contributed by atoms with Crippen LogP contribution in [0.1, 0.15) is 55.7 Å². The highest BCUT2D eigenvalue weighted by Gasteiger charge is 2.37. The normalized spacial score (nSPS) is 25.1. The van der Waals surface area contributed by atoms with E-state index >= 15 is 0 Å². The Morgan fingerprint density at radius 3 is 2.62 bits per heavy atom. The van der Waals surface area contributed by atoms with E-state index in [1.165, 1.54) is 23.5 Å². The van der Waals surface area contributed by atoms with Crippen molar-refractivity contribution in [3.8, 4) is 0 Å². The second-order valence-electron chi connectivity index (χ2n) is 9.78. The Morgan fingerprint density at radius 1 is 1.06 bits per heavy atom. The summed E-state index contributed by atoms with van der Waals surface area (Å²) < 4.78 is 15.1. The maximum Gasteiger partial charge on any atom is 0.319 e. The van der Waals surface area contributed by atoms with Gasteiger partial charge in [-0.05, 0) is 43.5 Å². The molecule has 0 spiro atoms. The fraction of sp³-hybridized carbons (Fsp3) is 0.520. The molecule has 3 aliphatic rings. The van der Waals surface area contributed by atoms with Gasteiger partial charge in [-0.2, -0.15) is 0 Å². The number of amides is 2. The third-order valence-electron chi connectivity index (χ3n) is 7.35. The quantitative estimate of drug-likeness (QED) is 0.686. The third-order valence-corrected chi connectivity index (χ3v) is 7.35. The van der Waals surface area contributed by atoms with Gasteiger partial charge in [0.25, 0.3) is 5.56 Å². The summed E-state index contributed by atoms with van der Waals surface area (Å²) in [5.41, 5.74) is 2.47. The van der Waals surface area contributed by atoms with Gasteiger partial charge in [0, 0.05) is 35.7 Å². The first kappa shape index (κ1) is 21.2. The first-order valence-electron chi connectivity index (χ1n) is 11.9. The van der Waals surface area contributed by atoms with Crippen LogP contribution in [0.2, 0.25) is 0 Å². The molecule has 1 unspecified atom stereocenters. The molecule has 1 saturated carbocycles. The number of likely N-dealkylation sites (tertiary alicyclic amines) is 1. The molecule has 7 heteroatoms. The lowest BCUT2D eigenvalue weighted by atomic mass is 9.83. The summed E-state index contributed by atoms with van der Waals surface area (Å²) in [6.45, 7) is 3.53. The molecule has 170 valence electrons. The van der Waals surface area contributed by atoms with E-state index in [-0.39, 0.29) is 23.4 Å². The smallest absolute Gasteiger partial charge is 0.319 e. The van der Waals surface area contributed by atoms with Crippen LogP contribution < -0.4 is 21.1 Å². The molecule has 3 heterocycles. The summed E-state index contributed by atoms with van der Waals surface area (Å²) >= 11 is 0. The van der Waals surface area contributed by atoms with Crippen LogP contribution >= 0.6 is 0 Å². The lowest BCUT2D eigenvalue weighted by Gasteiger charge is -2.40. The van der Waals surface area contributed by atoms with Crippen LogP contribution in [0.15, 0.2) is 41.2 Å². The molecular formula is C25H32FN4O2+. The second kappa shape index (κ2) is 9.06. The van der Waals surface area contributed by atoms with E-state index in [0.717, 1.165) is 63.0 Å². The van der Waals surface area contributed by atoms with E-state index in [9.17, 15) is 14.0 Å². The van der Waals surface area contributed by atoms with Gasteiger partial charge in [-0.1, -0.05) is 31.4 Å². The molecule has 2 amide bonds. The highest BCUT2D eigenvalue weighted by atomic mass is 19.1. The molecule has 1 aromatic carbocycles. The fourth-order valence-corrected chi connectivity index (χ4v) is 5.89. The maximum atomic E-state index is 13.2. The number of halogens is 1. The molecule has 1 aliphatic carbocycles. The number of aromatic nitrogens is 1. The number of piperidine rings is 1. The molecular weight excluding hydrogens is 407 g/mol. The monoisotopic (exact) mass is 439 g/mol. The number of hydrogen-bond acceptors (Lipinski definition) is 2. The summed E-state index contributed by atoms with van der Waals surface area (Å²) in [5.74, 6) is 0.556. The van der Waals surface area contributed by atoms with Crippen LogP contribution in [0, 0.1) is 11.7 Å². The molecule has 2 aliphatic heterocycles. The van der Waals surface area contributed by atoms with Crippen LogP contribution in [-0.4, -0.2) is 29.7 Å². The number of hydrogen-bond donors (Lipinski definition) is 3. The maximum absolute atomic E-state index is 13.2. The van der Waals surface area contributed by atoms with E-state index in [4.69, 9.17) is 0 Å². The van der Waals surface area contributed by atoms with E-state index < -0.39 is 0 Å². The second-order valence-corrected chi connectivity index (χ2v) is 9.78. The Morgan fingerprint density at radius 2 is 1.84 bits per heavy atom. The first-order chi connectivity index (χ1) is 15.5. The lowest BCUT2D eigenvalue weighted by Crippen LogP contribution is -3.13. The van der Waals surface area contributed by atoms with Gasteiger partial charge in [-0.3, -0.25) is 4.79 Å². The topological polar surface area (TPSA) is 67.6 Å². The molecule has 1 saturated heterocycles. The van der Waals surface area contributed by atoms with Gasteiger partial charge in [0.05, 0.1) is 13.1 Å². The zero-order chi connectivity index (χ0) is 22.1. The number of benzene rings is 1. The summed E-state index contributed by atoms with van der Waals surface area (Å²) in [4.78, 5) is 27.1. The van der Waals surface area contributed by atoms with Gasteiger partial charge in [0.1, 0.15) is 18.0 Å². The van der Waals surface area contributed by atoms with Crippen molar-refractivity contribution >= 4 is 11.7 Å². The SMILES string of the molecule is O=C(Nc1ccc2n(c1=O)C[C@H]1C[C@@H]2C[NH+](Cc2ccc(F)cc2)C1)NC1CCCCC1. The van der Waals surface area contributed by atoms with Gasteiger partial charge < -0.3 is 20.1 Å². The number of urea groups is 1. The number of fused-ring (bicyclic) bond motifs is 4. The number of carbonyl (C=O) groups excluding carboxylic acids is 1. The predicted octanol–water partition coefficient (Wildman–Crippen LogP) is 2.64. The fourth-order valence-electron chi connectivity index (χ4n) is 5.89. The first-order valence-corrected chi connectivity index (χ1v) is 11.9. The zero-order valence-corrected chi connectivity index (χ0v) is 18.4. The van der Waals surface area contributed by atoms with Gasteiger partial charge in [0.2, 0.25) is 0 Å². The molecule has 5 rings (SSSR count). The van der Waals surface area contributed by atoms with Crippen LogP contribution in [0.3, 0.4) is 0 Å². The third kappa shape index (κ3) is 4.58. The average Bonchev–Trinajstić information content (AvgIpc) is 2.78. The molecule has 1 aromatic heterocycles. The average molecular weight is 440 g/mol. The zero-order valence-electron chi connectivity index (χ0n) is 18.4. The molecule has 2 bridgehead atoms. The Bertz CT molecular complexity index is 1030. The highest BCUT2D eigenvalue weighted by Crippen LogP contribution is 2.31. The van der Waals surface area contributed by atoms with E-state index in [2.05, 4.69) is 10.6 Å². The number of anilines is 1. The minimum Gasteiger partial charge on any atom is -0.335 e. The summed E-state index contributed by atoms with van der Waals surface area (Å²) in [6.07, 6.45) is 6.65. The number of nitrogens with one attached hydrogen (secondary N) is 3. The van der Waals surface area contributed by atoms with Crippen LogP contribution in [-0.2, 0) is 13.1 Å². The predicted molar refractivity (Wildman–Crippen MR) is 121 cm³/mol. The Hall–Kier alpha value is -2.67. The Balaban J connectivity index is 1.27. The molecule has 2 fully saturated rings. The summed E-state index contributed by atoms with van der Waals surface area (Å²) in [7, 11) is 0. The molecule has 2 aromatic rings. The molecule has 0 radical (unpaired) electrons. The highest BCUT2D eigenvalue weighted by molar-refractivity contribution is 5.89. The van der Waals surface area contributed by atoms with Gasteiger partial charge in [-0.25, -0.2) is 9.18 Å². The van der Waals surface area contributed by atoms with Crippen molar-refractivity contribution in [2.75, 3.05) is 18.4 Å².